The zero-order valence-electron chi connectivity index (χ0n) is 8.86. The molecule has 0 saturated carbocycles. The predicted molar refractivity (Wildman–Crippen MR) is 57.3 cm³/mol. The average molecular weight is 194 g/mol. The number of ether oxygens (including phenoxy) is 1. The summed E-state index contributed by atoms with van der Waals surface area (Å²) >= 11 is 0. The molecule has 3 heteroatoms. The van der Waals surface area contributed by atoms with Crippen molar-refractivity contribution >= 4 is 0 Å². The second-order valence-electron chi connectivity index (χ2n) is 3.32. The van der Waals surface area contributed by atoms with Crippen molar-refractivity contribution in [3.8, 4) is 0 Å². The van der Waals surface area contributed by atoms with Gasteiger partial charge >= 0.3 is 0 Å². The lowest BCUT2D eigenvalue weighted by atomic mass is 10.2. The Kier molecular flexibility index (Phi) is 5.19. The predicted octanol–water partition coefficient (Wildman–Crippen LogP) is 1.25. The summed E-state index contributed by atoms with van der Waals surface area (Å²) in [7, 11) is 1.73. The Balaban J connectivity index is 2.10. The summed E-state index contributed by atoms with van der Waals surface area (Å²) in [4.78, 5) is 4.24. The Morgan fingerprint density at radius 2 is 2.36 bits per heavy atom. The van der Waals surface area contributed by atoms with Gasteiger partial charge in [0.05, 0.1) is 6.10 Å². The van der Waals surface area contributed by atoms with E-state index >= 15 is 0 Å². The molecule has 1 atom stereocenters. The molecule has 0 aliphatic rings. The van der Waals surface area contributed by atoms with Gasteiger partial charge in [-0.2, -0.15) is 0 Å². The highest BCUT2D eigenvalue weighted by Gasteiger charge is 1.97. The van der Waals surface area contributed by atoms with Crippen LogP contribution in [-0.2, 0) is 11.2 Å². The van der Waals surface area contributed by atoms with E-state index in [1.165, 1.54) is 0 Å². The molecule has 1 aromatic heterocycles. The van der Waals surface area contributed by atoms with E-state index in [9.17, 15) is 0 Å². The third-order valence-electron chi connectivity index (χ3n) is 2.12. The van der Waals surface area contributed by atoms with Crippen LogP contribution in [0.1, 0.15) is 12.6 Å². The summed E-state index contributed by atoms with van der Waals surface area (Å²) in [6.45, 7) is 3.89. The van der Waals surface area contributed by atoms with Crippen LogP contribution in [0.25, 0.3) is 0 Å². The van der Waals surface area contributed by atoms with Crippen LogP contribution in [0.3, 0.4) is 0 Å². The Morgan fingerprint density at radius 1 is 1.50 bits per heavy atom. The zero-order chi connectivity index (χ0) is 10.2. The molecular weight excluding hydrogens is 176 g/mol. The summed E-state index contributed by atoms with van der Waals surface area (Å²) in [5, 5.41) is 3.32. The topological polar surface area (TPSA) is 34.1 Å². The van der Waals surface area contributed by atoms with Gasteiger partial charge in [-0.3, -0.25) is 4.98 Å². The molecule has 0 bridgehead atoms. The first-order valence-corrected chi connectivity index (χ1v) is 4.96. The Bertz CT molecular complexity index is 238. The van der Waals surface area contributed by atoms with Crippen LogP contribution in [0.15, 0.2) is 24.4 Å². The van der Waals surface area contributed by atoms with Crippen molar-refractivity contribution in [2.45, 2.75) is 19.4 Å². The lowest BCUT2D eigenvalue weighted by Crippen LogP contribution is -2.27. The molecular formula is C11H18N2O. The molecule has 1 rings (SSSR count). The van der Waals surface area contributed by atoms with Crippen LogP contribution in [0, 0.1) is 0 Å². The van der Waals surface area contributed by atoms with E-state index in [0.717, 1.165) is 25.2 Å². The van der Waals surface area contributed by atoms with Crippen molar-refractivity contribution in [1.82, 2.24) is 10.3 Å². The fraction of sp³-hybridized carbons (Fsp3) is 0.545. The third kappa shape index (κ3) is 4.35. The fourth-order valence-electron chi connectivity index (χ4n) is 1.15. The van der Waals surface area contributed by atoms with Gasteiger partial charge in [0.1, 0.15) is 0 Å². The van der Waals surface area contributed by atoms with Gasteiger partial charge in [-0.1, -0.05) is 6.07 Å². The fourth-order valence-corrected chi connectivity index (χ4v) is 1.15. The molecule has 0 radical (unpaired) electrons. The van der Waals surface area contributed by atoms with Crippen molar-refractivity contribution in [3.05, 3.63) is 30.1 Å². The van der Waals surface area contributed by atoms with Gasteiger partial charge in [-0.05, 0) is 19.1 Å². The molecule has 0 amide bonds. The van der Waals surface area contributed by atoms with E-state index in [4.69, 9.17) is 4.74 Å². The molecule has 3 nitrogen and oxygen atoms in total. The van der Waals surface area contributed by atoms with Gasteiger partial charge in [0.2, 0.25) is 0 Å². The maximum Gasteiger partial charge on any atom is 0.0667 e. The molecule has 0 aromatic carbocycles. The number of nitrogens with one attached hydrogen (secondary N) is 1. The molecule has 0 saturated heterocycles. The number of aromatic nitrogens is 1. The van der Waals surface area contributed by atoms with Gasteiger partial charge in [0.15, 0.2) is 0 Å². The van der Waals surface area contributed by atoms with Gasteiger partial charge in [-0.25, -0.2) is 0 Å². The van der Waals surface area contributed by atoms with E-state index in [-0.39, 0.29) is 6.10 Å². The zero-order valence-corrected chi connectivity index (χ0v) is 8.86. The van der Waals surface area contributed by atoms with E-state index in [1.807, 2.05) is 31.3 Å². The third-order valence-corrected chi connectivity index (χ3v) is 2.12. The summed E-state index contributed by atoms with van der Waals surface area (Å²) in [5.74, 6) is 0. The van der Waals surface area contributed by atoms with E-state index in [2.05, 4.69) is 10.3 Å². The molecule has 78 valence electrons. The first-order valence-electron chi connectivity index (χ1n) is 4.96. The van der Waals surface area contributed by atoms with Crippen molar-refractivity contribution in [2.24, 2.45) is 0 Å². The molecule has 1 aromatic rings. The number of methoxy groups -OCH3 is 1. The van der Waals surface area contributed by atoms with Crippen molar-refractivity contribution in [3.63, 3.8) is 0 Å². The van der Waals surface area contributed by atoms with Crippen LogP contribution in [0.4, 0.5) is 0 Å². The van der Waals surface area contributed by atoms with Gasteiger partial charge < -0.3 is 10.1 Å². The number of hydrogen-bond acceptors (Lipinski definition) is 3. The van der Waals surface area contributed by atoms with Crippen LogP contribution in [0.5, 0.6) is 0 Å². The first kappa shape index (κ1) is 11.1. The smallest absolute Gasteiger partial charge is 0.0667 e. The largest absolute Gasteiger partial charge is 0.380 e. The SMILES string of the molecule is COC(C)CNCCc1ccccn1. The maximum atomic E-state index is 5.12. The number of hydrogen-bond donors (Lipinski definition) is 1. The average Bonchev–Trinajstić information content (AvgIpc) is 2.25. The highest BCUT2D eigenvalue weighted by molar-refractivity contribution is 5.03. The lowest BCUT2D eigenvalue weighted by Gasteiger charge is -2.10. The lowest BCUT2D eigenvalue weighted by molar-refractivity contribution is 0.117. The Morgan fingerprint density at radius 3 is 3.00 bits per heavy atom. The van der Waals surface area contributed by atoms with Crippen LogP contribution in [-0.4, -0.2) is 31.3 Å². The summed E-state index contributed by atoms with van der Waals surface area (Å²) in [5.41, 5.74) is 1.13. The number of rotatable bonds is 6. The minimum absolute atomic E-state index is 0.277. The standard InChI is InChI=1S/C11H18N2O/c1-10(14-2)9-12-8-6-11-5-3-4-7-13-11/h3-5,7,10,12H,6,8-9H2,1-2H3. The number of pyridine rings is 1. The van der Waals surface area contributed by atoms with E-state index < -0.39 is 0 Å². The highest BCUT2D eigenvalue weighted by Crippen LogP contribution is 1.93. The molecule has 0 fully saturated rings. The molecule has 0 spiro atoms. The normalized spacial score (nSPS) is 12.7. The summed E-state index contributed by atoms with van der Waals surface area (Å²) in [6, 6.07) is 5.99. The molecule has 1 N–H and O–H groups in total. The van der Waals surface area contributed by atoms with Gasteiger partial charge in [-0.15, -0.1) is 0 Å². The second-order valence-corrected chi connectivity index (χ2v) is 3.32. The van der Waals surface area contributed by atoms with Crippen LogP contribution < -0.4 is 5.32 Å². The monoisotopic (exact) mass is 194 g/mol. The molecule has 1 heterocycles. The quantitative estimate of drug-likeness (QED) is 0.692. The molecule has 14 heavy (non-hydrogen) atoms. The maximum absolute atomic E-state index is 5.12. The van der Waals surface area contributed by atoms with Crippen LogP contribution in [0.2, 0.25) is 0 Å². The highest BCUT2D eigenvalue weighted by atomic mass is 16.5. The van der Waals surface area contributed by atoms with Gasteiger partial charge in [0, 0.05) is 38.5 Å². The van der Waals surface area contributed by atoms with Gasteiger partial charge in [0.25, 0.3) is 0 Å². The van der Waals surface area contributed by atoms with Crippen LogP contribution >= 0.6 is 0 Å². The first-order chi connectivity index (χ1) is 6.83. The summed E-state index contributed by atoms with van der Waals surface area (Å²) in [6.07, 6.45) is 3.07. The number of nitrogens with zero attached hydrogens (tertiary/aromatic N) is 1. The molecule has 1 unspecified atom stereocenters. The Hall–Kier alpha value is -0.930. The minimum atomic E-state index is 0.277. The van der Waals surface area contributed by atoms with Crippen molar-refractivity contribution in [1.29, 1.82) is 0 Å². The van der Waals surface area contributed by atoms with E-state index in [1.54, 1.807) is 7.11 Å². The second kappa shape index (κ2) is 6.51. The Labute approximate surface area is 85.5 Å². The minimum Gasteiger partial charge on any atom is -0.380 e. The van der Waals surface area contributed by atoms with Crippen molar-refractivity contribution < 1.29 is 4.74 Å². The summed E-state index contributed by atoms with van der Waals surface area (Å²) < 4.78 is 5.12. The molecule has 0 aliphatic carbocycles. The molecule has 0 aliphatic heterocycles. The van der Waals surface area contributed by atoms with Crippen molar-refractivity contribution in [2.75, 3.05) is 20.2 Å². The van der Waals surface area contributed by atoms with E-state index in [0.29, 0.717) is 0 Å².